The van der Waals surface area contributed by atoms with E-state index in [1.54, 1.807) is 0 Å². The first kappa shape index (κ1) is 14.8. The van der Waals surface area contributed by atoms with Gasteiger partial charge in [-0.1, -0.05) is 36.7 Å². The van der Waals surface area contributed by atoms with E-state index in [0.717, 1.165) is 5.56 Å². The van der Waals surface area contributed by atoms with Crippen molar-refractivity contribution in [2.24, 2.45) is 0 Å². The molecule has 0 aliphatic carbocycles. The molecule has 1 aromatic carbocycles. The van der Waals surface area contributed by atoms with Gasteiger partial charge in [-0.2, -0.15) is 0 Å². The fraction of sp³-hybridized carbons (Fsp3) is 0.538. The molecule has 0 radical (unpaired) electrons. The molecule has 1 aromatic rings. The predicted octanol–water partition coefficient (Wildman–Crippen LogP) is 1.32. The largest absolute Gasteiger partial charge is 0.390 e. The molecule has 1 N–H and O–H groups in total. The lowest BCUT2D eigenvalue weighted by Crippen LogP contribution is -2.42. The number of benzene rings is 1. The van der Waals surface area contributed by atoms with Crippen molar-refractivity contribution in [2.45, 2.75) is 25.6 Å². The van der Waals surface area contributed by atoms with Gasteiger partial charge < -0.3 is 5.11 Å². The zero-order valence-electron chi connectivity index (χ0n) is 10.8. The minimum absolute atomic E-state index is 0.0203. The topological polar surface area (TPSA) is 57.6 Å². The number of nitrogens with zero attached hydrogens (tertiary/aromatic N) is 1. The second-order valence-corrected chi connectivity index (χ2v) is 7.43. The molecule has 0 spiro atoms. The van der Waals surface area contributed by atoms with Crippen LogP contribution in [0.4, 0.5) is 0 Å². The molecule has 1 aliphatic heterocycles. The van der Waals surface area contributed by atoms with Crippen LogP contribution in [0, 0.1) is 0 Å². The Hall–Kier alpha value is -0.620. The third-order valence-electron chi connectivity index (χ3n) is 3.50. The summed E-state index contributed by atoms with van der Waals surface area (Å²) in [5.74, 6) is -0.122. The van der Waals surface area contributed by atoms with E-state index in [9.17, 15) is 13.5 Å². The highest BCUT2D eigenvalue weighted by molar-refractivity contribution is 7.91. The molecule has 0 saturated carbocycles. The molecule has 1 heterocycles. The van der Waals surface area contributed by atoms with E-state index in [-0.39, 0.29) is 17.5 Å². The van der Waals surface area contributed by atoms with Crippen LogP contribution in [-0.4, -0.2) is 48.6 Å². The van der Waals surface area contributed by atoms with Crippen LogP contribution in [0.5, 0.6) is 0 Å². The summed E-state index contributed by atoms with van der Waals surface area (Å²) < 4.78 is 23.2. The van der Waals surface area contributed by atoms with Gasteiger partial charge in [-0.15, -0.1) is 0 Å². The molecular formula is C13H18ClNO3S. The lowest BCUT2D eigenvalue weighted by Gasteiger charge is -2.29. The number of hydrogen-bond acceptors (Lipinski definition) is 4. The van der Waals surface area contributed by atoms with Gasteiger partial charge >= 0.3 is 0 Å². The molecule has 4 nitrogen and oxygen atoms in total. The molecule has 0 unspecified atom stereocenters. The number of sulfone groups is 1. The average molecular weight is 304 g/mol. The van der Waals surface area contributed by atoms with Crippen LogP contribution in [0.25, 0.3) is 0 Å². The summed E-state index contributed by atoms with van der Waals surface area (Å²) in [6, 6.07) is 7.15. The second kappa shape index (κ2) is 5.79. The molecule has 0 bridgehead atoms. The molecule has 2 atom stereocenters. The predicted molar refractivity (Wildman–Crippen MR) is 76.0 cm³/mol. The van der Waals surface area contributed by atoms with Crippen LogP contribution in [0.1, 0.15) is 12.5 Å². The summed E-state index contributed by atoms with van der Waals surface area (Å²) in [4.78, 5) is 1.97. The minimum Gasteiger partial charge on any atom is -0.390 e. The summed E-state index contributed by atoms with van der Waals surface area (Å²) >= 11 is 6.12. The molecule has 106 valence electrons. The van der Waals surface area contributed by atoms with Gasteiger partial charge in [-0.25, -0.2) is 8.42 Å². The molecule has 0 aromatic heterocycles. The van der Waals surface area contributed by atoms with E-state index < -0.39 is 15.9 Å². The van der Waals surface area contributed by atoms with E-state index in [4.69, 9.17) is 11.6 Å². The van der Waals surface area contributed by atoms with Crippen LogP contribution >= 0.6 is 11.6 Å². The van der Waals surface area contributed by atoms with E-state index in [1.165, 1.54) is 0 Å². The maximum Gasteiger partial charge on any atom is 0.154 e. The van der Waals surface area contributed by atoms with Crippen molar-refractivity contribution in [1.29, 1.82) is 0 Å². The quantitative estimate of drug-likeness (QED) is 0.911. The summed E-state index contributed by atoms with van der Waals surface area (Å²) in [5, 5.41) is 10.6. The molecule has 6 heteroatoms. The van der Waals surface area contributed by atoms with Crippen LogP contribution < -0.4 is 0 Å². The molecule has 1 saturated heterocycles. The first-order valence-electron chi connectivity index (χ1n) is 6.29. The number of rotatable bonds is 4. The Kier molecular flexibility index (Phi) is 4.50. The van der Waals surface area contributed by atoms with E-state index in [0.29, 0.717) is 18.1 Å². The van der Waals surface area contributed by atoms with Gasteiger partial charge in [0.2, 0.25) is 0 Å². The minimum atomic E-state index is -3.13. The Morgan fingerprint density at radius 1 is 1.37 bits per heavy atom. The maximum absolute atomic E-state index is 11.6. The van der Waals surface area contributed by atoms with Crippen molar-refractivity contribution in [1.82, 2.24) is 4.90 Å². The lowest BCUT2D eigenvalue weighted by molar-refractivity contribution is 0.0819. The number of likely N-dealkylation sites (N-methyl/N-ethyl adjacent to an activating group) is 1. The van der Waals surface area contributed by atoms with Crippen LogP contribution in [0.2, 0.25) is 5.02 Å². The van der Waals surface area contributed by atoms with Crippen molar-refractivity contribution in [3.63, 3.8) is 0 Å². The highest BCUT2D eigenvalue weighted by atomic mass is 35.5. The van der Waals surface area contributed by atoms with E-state index in [1.807, 2.05) is 36.1 Å². The second-order valence-electron chi connectivity index (χ2n) is 4.87. The molecule has 2 rings (SSSR count). The Morgan fingerprint density at radius 2 is 2.05 bits per heavy atom. The third kappa shape index (κ3) is 3.48. The first-order chi connectivity index (χ1) is 8.93. The Balaban J connectivity index is 2.16. The van der Waals surface area contributed by atoms with Crippen molar-refractivity contribution >= 4 is 21.4 Å². The highest BCUT2D eigenvalue weighted by Gasteiger charge is 2.39. The van der Waals surface area contributed by atoms with Gasteiger partial charge in [0.25, 0.3) is 0 Å². The monoisotopic (exact) mass is 303 g/mol. The van der Waals surface area contributed by atoms with Gasteiger partial charge in [-0.3, -0.25) is 4.90 Å². The molecule has 0 amide bonds. The SMILES string of the molecule is CCN(Cc1ccccc1Cl)[C@@H]1CS(=O)(=O)C[C@@H]1O. The number of aliphatic hydroxyl groups excluding tert-OH is 1. The van der Waals surface area contributed by atoms with Crippen LogP contribution in [0.3, 0.4) is 0 Å². The first-order valence-corrected chi connectivity index (χ1v) is 8.49. The standard InChI is InChI=1S/C13H18ClNO3S/c1-2-15(7-10-5-3-4-6-11(10)14)12-8-19(17,18)9-13(12)16/h3-6,12-13,16H,2,7-9H2,1H3/t12-,13+/m1/s1. The van der Waals surface area contributed by atoms with Crippen molar-refractivity contribution in [3.8, 4) is 0 Å². The van der Waals surface area contributed by atoms with Crippen molar-refractivity contribution < 1.29 is 13.5 Å². The zero-order chi connectivity index (χ0) is 14.0. The third-order valence-corrected chi connectivity index (χ3v) is 5.57. The number of halogens is 1. The highest BCUT2D eigenvalue weighted by Crippen LogP contribution is 2.23. The average Bonchev–Trinajstić information content (AvgIpc) is 2.62. The van der Waals surface area contributed by atoms with Crippen LogP contribution in [0.15, 0.2) is 24.3 Å². The zero-order valence-corrected chi connectivity index (χ0v) is 12.4. The van der Waals surface area contributed by atoms with Gasteiger partial charge in [0, 0.05) is 11.6 Å². The Labute approximate surface area is 118 Å². The maximum atomic E-state index is 11.6. The number of hydrogen-bond donors (Lipinski definition) is 1. The number of aliphatic hydroxyl groups is 1. The summed E-state index contributed by atoms with van der Waals surface area (Å²) in [5.41, 5.74) is 0.947. The Bertz CT molecular complexity index is 547. The molecular weight excluding hydrogens is 286 g/mol. The van der Waals surface area contributed by atoms with Crippen molar-refractivity contribution in [2.75, 3.05) is 18.1 Å². The van der Waals surface area contributed by atoms with E-state index >= 15 is 0 Å². The van der Waals surface area contributed by atoms with Gasteiger partial charge in [-0.05, 0) is 18.2 Å². The van der Waals surface area contributed by atoms with E-state index in [2.05, 4.69) is 0 Å². The summed E-state index contributed by atoms with van der Waals surface area (Å²) in [7, 11) is -3.13. The van der Waals surface area contributed by atoms with Crippen molar-refractivity contribution in [3.05, 3.63) is 34.9 Å². The molecule has 19 heavy (non-hydrogen) atoms. The van der Waals surface area contributed by atoms with Crippen LogP contribution in [-0.2, 0) is 16.4 Å². The fourth-order valence-electron chi connectivity index (χ4n) is 2.47. The smallest absolute Gasteiger partial charge is 0.154 e. The normalized spacial score (nSPS) is 25.9. The summed E-state index contributed by atoms with van der Waals surface area (Å²) in [6.07, 6.45) is -0.813. The lowest BCUT2D eigenvalue weighted by atomic mass is 10.1. The molecule has 1 fully saturated rings. The van der Waals surface area contributed by atoms with Gasteiger partial charge in [0.15, 0.2) is 9.84 Å². The summed E-state index contributed by atoms with van der Waals surface area (Å²) in [6.45, 7) is 3.17. The van der Waals surface area contributed by atoms with Gasteiger partial charge in [0.1, 0.15) is 0 Å². The Morgan fingerprint density at radius 3 is 2.58 bits per heavy atom. The molecule has 1 aliphatic rings. The fourth-order valence-corrected chi connectivity index (χ4v) is 4.50. The van der Waals surface area contributed by atoms with Gasteiger partial charge in [0.05, 0.1) is 23.7 Å².